The van der Waals surface area contributed by atoms with Crippen LogP contribution >= 0.6 is 0 Å². The van der Waals surface area contributed by atoms with E-state index in [1.54, 1.807) is 43.6 Å². The summed E-state index contributed by atoms with van der Waals surface area (Å²) in [6.45, 7) is 1.84. The summed E-state index contributed by atoms with van der Waals surface area (Å²) in [6, 6.07) is 17.6. The van der Waals surface area contributed by atoms with Crippen molar-refractivity contribution in [2.45, 2.75) is 11.8 Å². The van der Waals surface area contributed by atoms with Crippen LogP contribution in [0.4, 0.5) is 17.2 Å². The second-order valence-corrected chi connectivity index (χ2v) is 7.36. The van der Waals surface area contributed by atoms with Crippen LogP contribution in [0.25, 0.3) is 0 Å². The first-order chi connectivity index (χ1) is 12.5. The zero-order valence-corrected chi connectivity index (χ0v) is 15.2. The Morgan fingerprint density at radius 3 is 2.50 bits per heavy atom. The molecule has 6 nitrogen and oxygen atoms in total. The van der Waals surface area contributed by atoms with Gasteiger partial charge in [0.1, 0.15) is 11.6 Å². The number of pyridine rings is 1. The van der Waals surface area contributed by atoms with Crippen molar-refractivity contribution in [3.63, 3.8) is 0 Å². The molecule has 0 radical (unpaired) electrons. The molecule has 2 aromatic carbocycles. The van der Waals surface area contributed by atoms with E-state index in [9.17, 15) is 8.42 Å². The van der Waals surface area contributed by atoms with E-state index in [0.29, 0.717) is 11.4 Å². The fourth-order valence-corrected chi connectivity index (χ4v) is 3.52. The fraction of sp³-hybridized carbons (Fsp3) is 0.105. The zero-order chi connectivity index (χ0) is 18.6. The fourth-order valence-electron chi connectivity index (χ4n) is 2.41. The average Bonchev–Trinajstić information content (AvgIpc) is 2.63. The Morgan fingerprint density at radius 2 is 1.81 bits per heavy atom. The van der Waals surface area contributed by atoms with Crippen LogP contribution in [0, 0.1) is 6.92 Å². The first kappa shape index (κ1) is 17.8. The lowest BCUT2D eigenvalue weighted by molar-refractivity contribution is 0.417. The number of aromatic nitrogens is 1. The van der Waals surface area contributed by atoms with Crippen LogP contribution < -0.4 is 14.8 Å². The smallest absolute Gasteiger partial charge is 0.263 e. The van der Waals surface area contributed by atoms with Crippen molar-refractivity contribution >= 4 is 27.2 Å². The summed E-state index contributed by atoms with van der Waals surface area (Å²) >= 11 is 0. The summed E-state index contributed by atoms with van der Waals surface area (Å²) in [5.74, 6) is 0.953. The Morgan fingerprint density at radius 1 is 1.00 bits per heavy atom. The molecule has 0 amide bonds. The maximum absolute atomic E-state index is 12.4. The summed E-state index contributed by atoms with van der Waals surface area (Å²) in [5, 5.41) is 3.19. The molecule has 0 atom stereocenters. The molecule has 0 unspecified atom stereocenters. The Kier molecular flexibility index (Phi) is 5.09. The van der Waals surface area contributed by atoms with Gasteiger partial charge in [-0.2, -0.15) is 0 Å². The van der Waals surface area contributed by atoms with E-state index in [4.69, 9.17) is 4.74 Å². The maximum Gasteiger partial charge on any atom is 0.263 e. The third-order valence-corrected chi connectivity index (χ3v) is 5.04. The third kappa shape index (κ3) is 4.12. The predicted molar refractivity (Wildman–Crippen MR) is 103 cm³/mol. The van der Waals surface area contributed by atoms with Crippen LogP contribution in [-0.2, 0) is 10.0 Å². The summed E-state index contributed by atoms with van der Waals surface area (Å²) in [4.78, 5) is 4.37. The highest BCUT2D eigenvalue weighted by atomic mass is 32.2. The molecule has 134 valence electrons. The molecule has 0 aliphatic carbocycles. The number of ether oxygens (including phenoxy) is 1. The van der Waals surface area contributed by atoms with Gasteiger partial charge in [0.15, 0.2) is 0 Å². The number of nitrogens with one attached hydrogen (secondary N) is 2. The number of anilines is 3. The molecule has 0 spiro atoms. The lowest BCUT2D eigenvalue weighted by atomic mass is 10.2. The number of sulfonamides is 1. The van der Waals surface area contributed by atoms with Crippen LogP contribution in [0.2, 0.25) is 0 Å². The van der Waals surface area contributed by atoms with Crippen molar-refractivity contribution < 1.29 is 13.2 Å². The number of methoxy groups -OCH3 is 1. The largest absolute Gasteiger partial charge is 0.495 e. The first-order valence-electron chi connectivity index (χ1n) is 7.93. The minimum absolute atomic E-state index is 0.204. The van der Waals surface area contributed by atoms with E-state index in [1.165, 1.54) is 0 Å². The third-order valence-electron chi connectivity index (χ3n) is 3.69. The number of benzene rings is 2. The first-order valence-corrected chi connectivity index (χ1v) is 9.42. The summed E-state index contributed by atoms with van der Waals surface area (Å²) in [7, 11) is -2.07. The summed E-state index contributed by atoms with van der Waals surface area (Å²) in [6.07, 6.45) is 1.56. The van der Waals surface area contributed by atoms with Gasteiger partial charge in [0.05, 0.1) is 29.6 Å². The Labute approximate surface area is 152 Å². The molecule has 1 heterocycles. The SMILES string of the molecule is COc1ccccc1Nc1ccc(NS(=O)(=O)c2cccc(C)c2)nc1. The van der Waals surface area contributed by atoms with Crippen molar-refractivity contribution in [2.24, 2.45) is 0 Å². The standard InChI is InChI=1S/C19H19N3O3S/c1-14-6-5-7-16(12-14)26(23,24)22-19-11-10-15(13-20-19)21-17-8-3-4-9-18(17)25-2/h3-13,21H,1-2H3,(H,20,22). The summed E-state index contributed by atoms with van der Waals surface area (Å²) in [5.41, 5.74) is 2.38. The van der Waals surface area contributed by atoms with Crippen molar-refractivity contribution in [2.75, 3.05) is 17.1 Å². The van der Waals surface area contributed by atoms with Gasteiger partial charge in [-0.3, -0.25) is 4.72 Å². The van der Waals surface area contributed by atoms with E-state index in [2.05, 4.69) is 15.0 Å². The van der Waals surface area contributed by atoms with Crippen LogP contribution in [0.1, 0.15) is 5.56 Å². The topological polar surface area (TPSA) is 80.3 Å². The van der Waals surface area contributed by atoms with Crippen LogP contribution in [0.15, 0.2) is 71.8 Å². The van der Waals surface area contributed by atoms with Gasteiger partial charge in [-0.15, -0.1) is 0 Å². The quantitative estimate of drug-likeness (QED) is 0.688. The molecule has 2 N–H and O–H groups in total. The molecular formula is C19H19N3O3S. The van der Waals surface area contributed by atoms with Gasteiger partial charge < -0.3 is 10.1 Å². The Hall–Kier alpha value is -3.06. The van der Waals surface area contributed by atoms with Crippen molar-refractivity contribution in [1.82, 2.24) is 4.98 Å². The molecule has 0 aliphatic rings. The highest BCUT2D eigenvalue weighted by molar-refractivity contribution is 7.92. The molecule has 0 bridgehead atoms. The number of rotatable bonds is 6. The molecule has 7 heteroatoms. The molecule has 3 aromatic rings. The molecular weight excluding hydrogens is 350 g/mol. The van der Waals surface area contributed by atoms with E-state index in [1.807, 2.05) is 37.3 Å². The predicted octanol–water partition coefficient (Wildman–Crippen LogP) is 3.94. The van der Waals surface area contributed by atoms with Crippen LogP contribution in [-0.4, -0.2) is 20.5 Å². The molecule has 3 rings (SSSR count). The molecule has 0 aliphatic heterocycles. The Bertz CT molecular complexity index is 1000. The number of hydrogen-bond donors (Lipinski definition) is 2. The normalized spacial score (nSPS) is 11.0. The van der Waals surface area contributed by atoms with Crippen LogP contribution in [0.5, 0.6) is 5.75 Å². The molecule has 0 fully saturated rings. The lowest BCUT2D eigenvalue weighted by Crippen LogP contribution is -2.14. The van der Waals surface area contributed by atoms with Gasteiger partial charge in [-0.05, 0) is 48.9 Å². The number of nitrogens with zero attached hydrogens (tertiary/aromatic N) is 1. The van der Waals surface area contributed by atoms with Gasteiger partial charge in [0.2, 0.25) is 0 Å². The van der Waals surface area contributed by atoms with E-state index < -0.39 is 10.0 Å². The van der Waals surface area contributed by atoms with E-state index >= 15 is 0 Å². The molecule has 1 aromatic heterocycles. The minimum Gasteiger partial charge on any atom is -0.495 e. The van der Waals surface area contributed by atoms with Gasteiger partial charge in [-0.25, -0.2) is 13.4 Å². The number of aryl methyl sites for hydroxylation is 1. The highest BCUT2D eigenvalue weighted by Crippen LogP contribution is 2.27. The molecule has 0 saturated heterocycles. The van der Waals surface area contributed by atoms with Gasteiger partial charge >= 0.3 is 0 Å². The second kappa shape index (κ2) is 7.45. The van der Waals surface area contributed by atoms with Gasteiger partial charge in [-0.1, -0.05) is 24.3 Å². The Balaban J connectivity index is 1.75. The molecule has 0 saturated carbocycles. The van der Waals surface area contributed by atoms with E-state index in [-0.39, 0.29) is 10.7 Å². The number of hydrogen-bond acceptors (Lipinski definition) is 5. The van der Waals surface area contributed by atoms with Gasteiger partial charge in [0.25, 0.3) is 10.0 Å². The van der Waals surface area contributed by atoms with Crippen molar-refractivity contribution in [3.8, 4) is 5.75 Å². The lowest BCUT2D eigenvalue weighted by Gasteiger charge is -2.12. The van der Waals surface area contributed by atoms with Crippen molar-refractivity contribution in [1.29, 1.82) is 0 Å². The molecule has 26 heavy (non-hydrogen) atoms. The maximum atomic E-state index is 12.4. The van der Waals surface area contributed by atoms with Gasteiger partial charge in [0, 0.05) is 0 Å². The number of para-hydroxylation sites is 2. The van der Waals surface area contributed by atoms with E-state index in [0.717, 1.165) is 11.3 Å². The van der Waals surface area contributed by atoms with Crippen LogP contribution in [0.3, 0.4) is 0 Å². The minimum atomic E-state index is -3.67. The second-order valence-electron chi connectivity index (χ2n) is 5.68. The van der Waals surface area contributed by atoms with Crippen molar-refractivity contribution in [3.05, 3.63) is 72.4 Å². The monoisotopic (exact) mass is 369 g/mol. The highest BCUT2D eigenvalue weighted by Gasteiger charge is 2.14. The summed E-state index contributed by atoms with van der Waals surface area (Å²) < 4.78 is 32.6. The zero-order valence-electron chi connectivity index (χ0n) is 14.4. The average molecular weight is 369 g/mol.